The van der Waals surface area contributed by atoms with Gasteiger partial charge >= 0.3 is 0 Å². The fourth-order valence-corrected chi connectivity index (χ4v) is 3.30. The van der Waals surface area contributed by atoms with Gasteiger partial charge in [-0.2, -0.15) is 5.10 Å². The fraction of sp³-hybridized carbons (Fsp3) is 0. The largest absolute Gasteiger partial charge is 0.382 e. The summed E-state index contributed by atoms with van der Waals surface area (Å²) < 4.78 is 1.90. The van der Waals surface area contributed by atoms with Crippen LogP contribution >= 0.6 is 43.5 Å². The number of hydrogen-bond acceptors (Lipinski definition) is 2. The van der Waals surface area contributed by atoms with E-state index in [0.717, 1.165) is 31.3 Å². The van der Waals surface area contributed by atoms with Crippen LogP contribution in [0.3, 0.4) is 0 Å². The number of benzene rings is 2. The summed E-state index contributed by atoms with van der Waals surface area (Å²) in [5.41, 5.74) is 9.73. The van der Waals surface area contributed by atoms with Gasteiger partial charge in [0.25, 0.3) is 0 Å². The third kappa shape index (κ3) is 2.86. The van der Waals surface area contributed by atoms with Crippen molar-refractivity contribution >= 4 is 49.3 Å². The maximum atomic E-state index is 6.03. The highest BCUT2D eigenvalue weighted by molar-refractivity contribution is 9.10. The lowest BCUT2D eigenvalue weighted by atomic mass is 10.0. The molecule has 1 heterocycles. The minimum atomic E-state index is 0.467. The van der Waals surface area contributed by atoms with Gasteiger partial charge in [0.15, 0.2) is 5.82 Å². The lowest BCUT2D eigenvalue weighted by molar-refractivity contribution is 1.10. The van der Waals surface area contributed by atoms with Crippen LogP contribution in [0.25, 0.3) is 22.4 Å². The van der Waals surface area contributed by atoms with Crippen molar-refractivity contribution in [1.29, 1.82) is 0 Å². The molecule has 0 spiro atoms. The molecule has 0 saturated carbocycles. The highest BCUT2D eigenvalue weighted by atomic mass is 79.9. The van der Waals surface area contributed by atoms with E-state index >= 15 is 0 Å². The van der Waals surface area contributed by atoms with Crippen molar-refractivity contribution < 1.29 is 0 Å². The number of hydrogen-bond donors (Lipinski definition) is 2. The predicted octanol–water partition coefficient (Wildman–Crippen LogP) is 5.50. The number of rotatable bonds is 2. The van der Waals surface area contributed by atoms with Crippen molar-refractivity contribution in [2.75, 3.05) is 5.73 Å². The Morgan fingerprint density at radius 2 is 1.76 bits per heavy atom. The summed E-state index contributed by atoms with van der Waals surface area (Å²) in [7, 11) is 0. The first-order chi connectivity index (χ1) is 10.1. The standard InChI is InChI=1S/C15H10Br2ClN3/c16-9-3-1-8(2-4-9)13-14(20-21-15(13)19)11-6-5-10(18)7-12(11)17/h1-7H,(H3,19,20,21). The number of aromatic amines is 1. The fourth-order valence-electron chi connectivity index (χ4n) is 2.15. The van der Waals surface area contributed by atoms with E-state index in [-0.39, 0.29) is 0 Å². The third-order valence-corrected chi connectivity index (χ3v) is 4.55. The summed E-state index contributed by atoms with van der Waals surface area (Å²) in [5.74, 6) is 0.467. The summed E-state index contributed by atoms with van der Waals surface area (Å²) in [4.78, 5) is 0. The Bertz CT molecular complexity index is 797. The first-order valence-electron chi connectivity index (χ1n) is 6.11. The molecule has 106 valence electrons. The zero-order valence-electron chi connectivity index (χ0n) is 10.7. The van der Waals surface area contributed by atoms with Crippen LogP contribution in [0.2, 0.25) is 5.02 Å². The average molecular weight is 428 g/mol. The van der Waals surface area contributed by atoms with Gasteiger partial charge < -0.3 is 5.73 Å². The molecule has 3 nitrogen and oxygen atoms in total. The summed E-state index contributed by atoms with van der Waals surface area (Å²) in [6, 6.07) is 13.6. The second-order valence-electron chi connectivity index (χ2n) is 4.49. The van der Waals surface area contributed by atoms with Crippen molar-refractivity contribution in [2.24, 2.45) is 0 Å². The molecule has 1 aromatic heterocycles. The molecule has 0 atom stereocenters. The summed E-state index contributed by atoms with van der Waals surface area (Å²) in [6.45, 7) is 0. The van der Waals surface area contributed by atoms with Crippen LogP contribution in [-0.4, -0.2) is 10.2 Å². The van der Waals surface area contributed by atoms with Gasteiger partial charge in [0.1, 0.15) is 0 Å². The Hall–Kier alpha value is -1.30. The number of aromatic nitrogens is 2. The number of nitrogens with zero attached hydrogens (tertiary/aromatic N) is 1. The van der Waals surface area contributed by atoms with Gasteiger partial charge in [-0.3, -0.25) is 5.10 Å². The zero-order valence-corrected chi connectivity index (χ0v) is 14.6. The number of nitrogens with two attached hydrogens (primary N) is 1. The van der Waals surface area contributed by atoms with Crippen LogP contribution in [0, 0.1) is 0 Å². The smallest absolute Gasteiger partial charge is 0.153 e. The molecule has 0 aliphatic carbocycles. The number of H-pyrrole nitrogens is 1. The first-order valence-corrected chi connectivity index (χ1v) is 8.08. The van der Waals surface area contributed by atoms with Crippen molar-refractivity contribution in [1.82, 2.24) is 10.2 Å². The van der Waals surface area contributed by atoms with Crippen LogP contribution in [0.15, 0.2) is 51.4 Å². The second kappa shape index (κ2) is 5.83. The molecular weight excluding hydrogens is 417 g/mol. The normalized spacial score (nSPS) is 10.8. The minimum Gasteiger partial charge on any atom is -0.382 e. The Labute approximate surface area is 143 Å². The lowest BCUT2D eigenvalue weighted by Crippen LogP contribution is -1.89. The highest BCUT2D eigenvalue weighted by Gasteiger charge is 2.16. The van der Waals surface area contributed by atoms with Crippen molar-refractivity contribution in [3.05, 3.63) is 56.4 Å². The molecule has 3 N–H and O–H groups in total. The molecule has 21 heavy (non-hydrogen) atoms. The average Bonchev–Trinajstić information content (AvgIpc) is 2.82. The van der Waals surface area contributed by atoms with Gasteiger partial charge in [-0.25, -0.2) is 0 Å². The number of halogens is 3. The maximum Gasteiger partial charge on any atom is 0.153 e. The van der Waals surface area contributed by atoms with Gasteiger partial charge in [0.2, 0.25) is 0 Å². The van der Waals surface area contributed by atoms with E-state index in [0.29, 0.717) is 10.8 Å². The molecule has 0 bridgehead atoms. The summed E-state index contributed by atoms with van der Waals surface area (Å²) >= 11 is 13.0. The molecule has 2 aromatic carbocycles. The number of nitrogens with one attached hydrogen (secondary N) is 1. The van der Waals surface area contributed by atoms with Crippen molar-refractivity contribution in [3.8, 4) is 22.4 Å². The van der Waals surface area contributed by atoms with Gasteiger partial charge in [-0.05, 0) is 29.8 Å². The Kier molecular flexibility index (Phi) is 4.06. The molecule has 3 aromatic rings. The second-order valence-corrected chi connectivity index (χ2v) is 6.70. The minimum absolute atomic E-state index is 0.467. The first kappa shape index (κ1) is 14.6. The monoisotopic (exact) mass is 425 g/mol. The Morgan fingerprint density at radius 3 is 2.43 bits per heavy atom. The molecule has 0 radical (unpaired) electrons. The van der Waals surface area contributed by atoms with E-state index in [1.54, 1.807) is 0 Å². The number of nitrogen functional groups attached to an aromatic ring is 1. The van der Waals surface area contributed by atoms with E-state index < -0.39 is 0 Å². The van der Waals surface area contributed by atoms with Crippen LogP contribution in [0.1, 0.15) is 0 Å². The van der Waals surface area contributed by atoms with E-state index in [4.69, 9.17) is 17.3 Å². The highest BCUT2D eigenvalue weighted by Crippen LogP contribution is 2.38. The van der Waals surface area contributed by atoms with Crippen LogP contribution in [0.5, 0.6) is 0 Å². The Balaban J connectivity index is 2.19. The topological polar surface area (TPSA) is 54.7 Å². The van der Waals surface area contributed by atoms with Crippen LogP contribution < -0.4 is 5.73 Å². The zero-order chi connectivity index (χ0) is 15.0. The lowest BCUT2D eigenvalue weighted by Gasteiger charge is -2.07. The molecule has 3 rings (SSSR count). The van der Waals surface area contributed by atoms with Gasteiger partial charge in [-0.1, -0.05) is 61.7 Å². The molecule has 0 aliphatic heterocycles. The predicted molar refractivity (Wildman–Crippen MR) is 94.3 cm³/mol. The van der Waals surface area contributed by atoms with E-state index in [1.807, 2.05) is 42.5 Å². The Morgan fingerprint density at radius 1 is 1.05 bits per heavy atom. The summed E-state index contributed by atoms with van der Waals surface area (Å²) in [6.07, 6.45) is 0. The van der Waals surface area contributed by atoms with Crippen molar-refractivity contribution in [3.63, 3.8) is 0 Å². The maximum absolute atomic E-state index is 6.03. The molecular formula is C15H10Br2ClN3. The van der Waals surface area contributed by atoms with E-state index in [2.05, 4.69) is 42.1 Å². The molecule has 0 fully saturated rings. The SMILES string of the molecule is Nc1n[nH]c(-c2ccc(Cl)cc2Br)c1-c1ccc(Br)cc1. The molecule has 0 aliphatic rings. The van der Waals surface area contributed by atoms with Gasteiger partial charge in [0, 0.05) is 19.5 Å². The molecule has 6 heteroatoms. The molecule has 0 amide bonds. The summed E-state index contributed by atoms with van der Waals surface area (Å²) in [5, 5.41) is 7.82. The van der Waals surface area contributed by atoms with Crippen LogP contribution in [-0.2, 0) is 0 Å². The van der Waals surface area contributed by atoms with E-state index in [1.165, 1.54) is 0 Å². The van der Waals surface area contributed by atoms with Gasteiger partial charge in [-0.15, -0.1) is 0 Å². The molecule has 0 unspecified atom stereocenters. The quantitative estimate of drug-likeness (QED) is 0.567. The van der Waals surface area contributed by atoms with Crippen LogP contribution in [0.4, 0.5) is 5.82 Å². The van der Waals surface area contributed by atoms with E-state index in [9.17, 15) is 0 Å². The van der Waals surface area contributed by atoms with Gasteiger partial charge in [0.05, 0.1) is 11.3 Å². The molecule has 0 saturated heterocycles. The third-order valence-electron chi connectivity index (χ3n) is 3.13. The van der Waals surface area contributed by atoms with Crippen molar-refractivity contribution in [2.45, 2.75) is 0 Å². The number of anilines is 1.